The van der Waals surface area contributed by atoms with Gasteiger partial charge in [0.2, 0.25) is 5.91 Å². The number of carbonyl (C=O) groups is 1. The molecule has 19 heavy (non-hydrogen) atoms. The summed E-state index contributed by atoms with van der Waals surface area (Å²) in [6.07, 6.45) is 4.63. The van der Waals surface area contributed by atoms with Crippen LogP contribution in [0.25, 0.3) is 10.2 Å². The molecule has 102 valence electrons. The highest BCUT2D eigenvalue weighted by molar-refractivity contribution is 7.16. The van der Waals surface area contributed by atoms with Crippen LogP contribution in [0.15, 0.2) is 22.6 Å². The summed E-state index contributed by atoms with van der Waals surface area (Å²) in [5.74, 6) is -0.144. The first-order valence-corrected chi connectivity index (χ1v) is 7.29. The Hall–Kier alpha value is -1.69. The zero-order valence-electron chi connectivity index (χ0n) is 10.9. The van der Waals surface area contributed by atoms with Crippen molar-refractivity contribution in [2.45, 2.75) is 32.7 Å². The summed E-state index contributed by atoms with van der Waals surface area (Å²) in [5, 5.41) is 5.21. The number of carbonyl (C=O) groups excluding carboxylic acids is 1. The van der Waals surface area contributed by atoms with Crippen molar-refractivity contribution < 1.29 is 4.79 Å². The molecule has 0 aromatic carbocycles. The van der Waals surface area contributed by atoms with E-state index in [1.165, 1.54) is 22.2 Å². The number of nitrogens with zero attached hydrogens (tertiary/aromatic N) is 2. The molecule has 1 N–H and O–H groups in total. The maximum atomic E-state index is 12.1. The van der Waals surface area contributed by atoms with E-state index >= 15 is 0 Å². The molecule has 0 spiro atoms. The quantitative estimate of drug-likeness (QED) is 0.820. The zero-order chi connectivity index (χ0) is 13.7. The van der Waals surface area contributed by atoms with E-state index in [-0.39, 0.29) is 18.0 Å². The first kappa shape index (κ1) is 13.7. The van der Waals surface area contributed by atoms with Crippen molar-refractivity contribution in [1.82, 2.24) is 14.9 Å². The lowest BCUT2D eigenvalue weighted by molar-refractivity contribution is -0.121. The molecule has 2 aromatic heterocycles. The minimum atomic E-state index is -0.157. The van der Waals surface area contributed by atoms with Gasteiger partial charge in [-0.15, -0.1) is 11.3 Å². The smallest absolute Gasteiger partial charge is 0.262 e. The Bertz CT molecular complexity index is 618. The summed E-state index contributed by atoms with van der Waals surface area (Å²) in [6, 6.07) is 1.74. The van der Waals surface area contributed by atoms with Gasteiger partial charge in [-0.3, -0.25) is 14.2 Å². The van der Waals surface area contributed by atoms with Gasteiger partial charge in [0.15, 0.2) is 0 Å². The summed E-state index contributed by atoms with van der Waals surface area (Å²) < 4.78 is 1.35. The minimum Gasteiger partial charge on any atom is -0.355 e. The van der Waals surface area contributed by atoms with E-state index in [1.807, 2.05) is 5.38 Å². The molecule has 0 aliphatic rings. The van der Waals surface area contributed by atoms with E-state index < -0.39 is 0 Å². The number of thiophene rings is 1. The fourth-order valence-electron chi connectivity index (χ4n) is 1.82. The van der Waals surface area contributed by atoms with Gasteiger partial charge in [-0.25, -0.2) is 4.98 Å². The normalized spacial score (nSPS) is 10.8. The fourth-order valence-corrected chi connectivity index (χ4v) is 2.54. The number of nitrogens with one attached hydrogen (secondary N) is 1. The lowest BCUT2D eigenvalue weighted by atomic mass is 10.2. The van der Waals surface area contributed by atoms with Gasteiger partial charge in [-0.2, -0.15) is 0 Å². The molecule has 0 unspecified atom stereocenters. The van der Waals surface area contributed by atoms with Crippen LogP contribution >= 0.6 is 11.3 Å². The Kier molecular flexibility index (Phi) is 4.68. The number of hydrogen-bond acceptors (Lipinski definition) is 4. The average Bonchev–Trinajstić information content (AvgIpc) is 2.87. The molecular weight excluding hydrogens is 262 g/mol. The average molecular weight is 279 g/mol. The van der Waals surface area contributed by atoms with Crippen LogP contribution in [0.2, 0.25) is 0 Å². The summed E-state index contributed by atoms with van der Waals surface area (Å²) in [4.78, 5) is 28.6. The molecule has 0 atom stereocenters. The second-order valence-electron chi connectivity index (χ2n) is 4.37. The van der Waals surface area contributed by atoms with Gasteiger partial charge in [0.25, 0.3) is 5.56 Å². The Morgan fingerprint density at radius 1 is 1.47 bits per heavy atom. The molecule has 5 nitrogen and oxygen atoms in total. The zero-order valence-corrected chi connectivity index (χ0v) is 11.7. The van der Waals surface area contributed by atoms with E-state index in [4.69, 9.17) is 0 Å². The van der Waals surface area contributed by atoms with Gasteiger partial charge in [0.05, 0.1) is 11.7 Å². The SMILES string of the molecule is CCCCCNC(=O)Cn1cnc2sccc2c1=O. The van der Waals surface area contributed by atoms with Crippen molar-refractivity contribution in [3.05, 3.63) is 28.1 Å². The van der Waals surface area contributed by atoms with Gasteiger partial charge >= 0.3 is 0 Å². The predicted molar refractivity (Wildman–Crippen MR) is 76.4 cm³/mol. The molecule has 0 bridgehead atoms. The van der Waals surface area contributed by atoms with Crippen LogP contribution in [0.5, 0.6) is 0 Å². The second kappa shape index (κ2) is 6.47. The summed E-state index contributed by atoms with van der Waals surface area (Å²) in [5.41, 5.74) is -0.157. The van der Waals surface area contributed by atoms with Gasteiger partial charge in [-0.1, -0.05) is 19.8 Å². The van der Waals surface area contributed by atoms with Crippen LogP contribution in [0.4, 0.5) is 0 Å². The molecule has 0 saturated heterocycles. The highest BCUT2D eigenvalue weighted by atomic mass is 32.1. The second-order valence-corrected chi connectivity index (χ2v) is 5.27. The van der Waals surface area contributed by atoms with E-state index in [2.05, 4.69) is 17.2 Å². The Morgan fingerprint density at radius 2 is 2.32 bits per heavy atom. The van der Waals surface area contributed by atoms with Crippen LogP contribution in [0.1, 0.15) is 26.2 Å². The maximum absolute atomic E-state index is 12.1. The molecule has 6 heteroatoms. The van der Waals surface area contributed by atoms with Gasteiger partial charge in [0.1, 0.15) is 11.4 Å². The van der Waals surface area contributed by atoms with Crippen molar-refractivity contribution in [3.63, 3.8) is 0 Å². The van der Waals surface area contributed by atoms with E-state index in [0.29, 0.717) is 16.8 Å². The number of fused-ring (bicyclic) bond motifs is 1. The molecule has 0 radical (unpaired) electrons. The molecule has 0 fully saturated rings. The first-order chi connectivity index (χ1) is 9.22. The van der Waals surface area contributed by atoms with Crippen molar-refractivity contribution in [2.75, 3.05) is 6.54 Å². The molecule has 0 aliphatic heterocycles. The van der Waals surface area contributed by atoms with E-state index in [1.54, 1.807) is 6.07 Å². The van der Waals surface area contributed by atoms with Crippen molar-refractivity contribution >= 4 is 27.5 Å². The molecule has 2 aromatic rings. The standard InChI is InChI=1S/C13H17N3O2S/c1-2-3-4-6-14-11(17)8-16-9-15-12-10(13(16)18)5-7-19-12/h5,7,9H,2-4,6,8H2,1H3,(H,14,17). The third kappa shape index (κ3) is 3.41. The fraction of sp³-hybridized carbons (Fsp3) is 0.462. The molecule has 2 heterocycles. The van der Waals surface area contributed by atoms with Gasteiger partial charge in [0, 0.05) is 6.54 Å². The third-order valence-corrected chi connectivity index (χ3v) is 3.69. The topological polar surface area (TPSA) is 64.0 Å². The monoisotopic (exact) mass is 279 g/mol. The van der Waals surface area contributed by atoms with Crippen LogP contribution in [-0.2, 0) is 11.3 Å². The first-order valence-electron chi connectivity index (χ1n) is 6.41. The minimum absolute atomic E-state index is 0.0315. The van der Waals surface area contributed by atoms with Crippen LogP contribution in [0, 0.1) is 0 Å². The number of aromatic nitrogens is 2. The summed E-state index contributed by atoms with van der Waals surface area (Å²) in [7, 11) is 0. The number of rotatable bonds is 6. The number of amides is 1. The number of unbranched alkanes of at least 4 members (excludes halogenated alkanes) is 2. The number of hydrogen-bond donors (Lipinski definition) is 1. The highest BCUT2D eigenvalue weighted by Crippen LogP contribution is 2.12. The van der Waals surface area contributed by atoms with Crippen LogP contribution in [0.3, 0.4) is 0 Å². The van der Waals surface area contributed by atoms with Crippen molar-refractivity contribution in [1.29, 1.82) is 0 Å². The van der Waals surface area contributed by atoms with Crippen LogP contribution < -0.4 is 10.9 Å². The Balaban J connectivity index is 1.99. The van der Waals surface area contributed by atoms with Crippen molar-refractivity contribution in [2.24, 2.45) is 0 Å². The van der Waals surface area contributed by atoms with Crippen LogP contribution in [-0.4, -0.2) is 22.0 Å². The molecule has 0 aliphatic carbocycles. The van der Waals surface area contributed by atoms with Gasteiger partial charge < -0.3 is 5.32 Å². The van der Waals surface area contributed by atoms with E-state index in [9.17, 15) is 9.59 Å². The molecule has 2 rings (SSSR count). The Morgan fingerprint density at radius 3 is 3.11 bits per heavy atom. The summed E-state index contributed by atoms with van der Waals surface area (Å²) >= 11 is 1.42. The lowest BCUT2D eigenvalue weighted by Gasteiger charge is -2.06. The largest absolute Gasteiger partial charge is 0.355 e. The maximum Gasteiger partial charge on any atom is 0.262 e. The molecule has 1 amide bonds. The predicted octanol–water partition coefficient (Wildman–Crippen LogP) is 1.76. The third-order valence-electron chi connectivity index (χ3n) is 2.87. The lowest BCUT2D eigenvalue weighted by Crippen LogP contribution is -2.32. The Labute approximate surface area is 115 Å². The highest BCUT2D eigenvalue weighted by Gasteiger charge is 2.08. The van der Waals surface area contributed by atoms with E-state index in [0.717, 1.165) is 19.3 Å². The molecular formula is C13H17N3O2S. The van der Waals surface area contributed by atoms with Crippen molar-refractivity contribution in [3.8, 4) is 0 Å². The molecule has 0 saturated carbocycles. The van der Waals surface area contributed by atoms with Gasteiger partial charge in [-0.05, 0) is 17.9 Å². The summed E-state index contributed by atoms with van der Waals surface area (Å²) in [6.45, 7) is 2.81.